The summed E-state index contributed by atoms with van der Waals surface area (Å²) in [5.74, 6) is -0.898. The minimum atomic E-state index is -0.698. The van der Waals surface area contributed by atoms with E-state index in [2.05, 4.69) is 60.9 Å². The summed E-state index contributed by atoms with van der Waals surface area (Å²) in [7, 11) is 5.95. The zero-order valence-electron chi connectivity index (χ0n) is 26.0. The zero-order chi connectivity index (χ0) is 31.0. The van der Waals surface area contributed by atoms with E-state index in [-0.39, 0.29) is 23.4 Å². The van der Waals surface area contributed by atoms with Gasteiger partial charge >= 0.3 is 0 Å². The Bertz CT molecular complexity index is 1630. The highest BCUT2D eigenvalue weighted by Gasteiger charge is 2.28. The first kappa shape index (κ1) is 30.2. The number of carbonyl (C=O) groups excluding carboxylic acids is 1. The van der Waals surface area contributed by atoms with Crippen LogP contribution in [-0.2, 0) is 7.05 Å². The van der Waals surface area contributed by atoms with Crippen LogP contribution in [0.3, 0.4) is 0 Å². The number of hydrogen-bond donors (Lipinski definition) is 2. The van der Waals surface area contributed by atoms with Crippen LogP contribution in [0.1, 0.15) is 47.8 Å². The number of rotatable bonds is 8. The molecule has 0 bridgehead atoms. The average Bonchev–Trinajstić information content (AvgIpc) is 3.60. The zero-order valence-corrected chi connectivity index (χ0v) is 26.0. The van der Waals surface area contributed by atoms with E-state index in [0.29, 0.717) is 30.0 Å². The van der Waals surface area contributed by atoms with E-state index < -0.39 is 11.7 Å². The highest BCUT2D eigenvalue weighted by Crippen LogP contribution is 2.36. The number of nitrogens with one attached hydrogen (secondary N) is 1. The van der Waals surface area contributed by atoms with Gasteiger partial charge in [-0.1, -0.05) is 0 Å². The Morgan fingerprint density at radius 3 is 2.52 bits per heavy atom. The number of pyridine rings is 1. The van der Waals surface area contributed by atoms with Gasteiger partial charge in [0.2, 0.25) is 5.95 Å². The van der Waals surface area contributed by atoms with Crippen LogP contribution in [0.5, 0.6) is 0 Å². The number of benzene rings is 1. The minimum absolute atomic E-state index is 0.0480. The lowest BCUT2D eigenvalue weighted by atomic mass is 9.93. The average molecular weight is 604 g/mol. The van der Waals surface area contributed by atoms with Gasteiger partial charge in [0.05, 0.1) is 28.9 Å². The molecule has 0 spiro atoms. The number of piperazine rings is 1. The Hall–Kier alpha value is -3.87. The third-order valence-corrected chi connectivity index (χ3v) is 8.84. The van der Waals surface area contributed by atoms with E-state index in [0.717, 1.165) is 68.8 Å². The lowest BCUT2D eigenvalue weighted by molar-refractivity contribution is 0.101. The quantitative estimate of drug-likeness (QED) is 0.314. The predicted molar refractivity (Wildman–Crippen MR) is 170 cm³/mol. The molecule has 44 heavy (non-hydrogen) atoms. The molecular formula is C32H42FN9O2. The van der Waals surface area contributed by atoms with Crippen LogP contribution < -0.4 is 10.2 Å². The van der Waals surface area contributed by atoms with Gasteiger partial charge < -0.3 is 19.5 Å². The van der Waals surface area contributed by atoms with Crippen molar-refractivity contribution < 1.29 is 14.3 Å². The van der Waals surface area contributed by atoms with E-state index in [1.165, 1.54) is 12.3 Å². The lowest BCUT2D eigenvalue weighted by Crippen LogP contribution is -2.48. The highest BCUT2D eigenvalue weighted by molar-refractivity contribution is 6.05. The standard InChI is InChI=1S/C32H42FN9O2/c1-21-17-26(29(33)30(35-21)22-19-34-39(4)20-22)31(44)37-32-36-27-10-7-24(41-15-13-40(14-16-41)12-11-38(2)3)18-28(27)42(32)23-5-8-25(43)9-6-23/h7,10,17-20,23,25,43H,5-6,8-9,11-16H2,1-4H3,(H,36,37,44)/t23-,25+. The Labute approximate surface area is 257 Å². The molecule has 3 aromatic heterocycles. The number of aryl methyl sites for hydroxylation is 2. The van der Waals surface area contributed by atoms with Gasteiger partial charge in [-0.2, -0.15) is 5.10 Å². The van der Waals surface area contributed by atoms with E-state index in [4.69, 9.17) is 4.98 Å². The van der Waals surface area contributed by atoms with Crippen molar-refractivity contribution in [2.24, 2.45) is 7.05 Å². The maximum atomic E-state index is 15.8. The van der Waals surface area contributed by atoms with Crippen molar-refractivity contribution in [1.82, 2.24) is 34.1 Å². The SMILES string of the molecule is Cc1cc(C(=O)Nc2nc3ccc(N4CCN(CCN(C)C)CC4)cc3n2[C@H]2CC[C@@H](O)CC2)c(F)c(-c2cnn(C)c2)n1. The molecule has 1 saturated carbocycles. The Morgan fingerprint density at radius 1 is 1.09 bits per heavy atom. The fourth-order valence-electron chi connectivity index (χ4n) is 6.35. The van der Waals surface area contributed by atoms with E-state index in [1.807, 2.05) is 6.07 Å². The minimum Gasteiger partial charge on any atom is -0.393 e. The van der Waals surface area contributed by atoms with Crippen LogP contribution in [0.15, 0.2) is 36.7 Å². The van der Waals surface area contributed by atoms with Crippen LogP contribution >= 0.6 is 0 Å². The molecule has 1 aliphatic carbocycles. The second-order valence-corrected chi connectivity index (χ2v) is 12.4. The second kappa shape index (κ2) is 12.6. The molecule has 234 valence electrons. The van der Waals surface area contributed by atoms with Gasteiger partial charge in [0, 0.05) is 75.5 Å². The van der Waals surface area contributed by atoms with Crippen molar-refractivity contribution in [3.63, 3.8) is 0 Å². The maximum Gasteiger partial charge on any atom is 0.261 e. The van der Waals surface area contributed by atoms with Crippen LogP contribution in [0.2, 0.25) is 0 Å². The lowest BCUT2D eigenvalue weighted by Gasteiger charge is -2.36. The molecule has 0 atom stereocenters. The summed E-state index contributed by atoms with van der Waals surface area (Å²) in [5, 5.41) is 17.3. The molecule has 1 aromatic carbocycles. The van der Waals surface area contributed by atoms with Crippen LogP contribution in [-0.4, -0.2) is 105 Å². The summed E-state index contributed by atoms with van der Waals surface area (Å²) in [6.45, 7) is 7.73. The number of halogens is 1. The van der Waals surface area contributed by atoms with E-state index >= 15 is 4.39 Å². The smallest absolute Gasteiger partial charge is 0.261 e. The first-order valence-electron chi connectivity index (χ1n) is 15.5. The van der Waals surface area contributed by atoms with Crippen molar-refractivity contribution >= 4 is 28.6 Å². The summed E-state index contributed by atoms with van der Waals surface area (Å²) >= 11 is 0. The molecule has 2 N–H and O–H groups in total. The second-order valence-electron chi connectivity index (χ2n) is 12.4. The van der Waals surface area contributed by atoms with Crippen LogP contribution in [0.4, 0.5) is 16.0 Å². The van der Waals surface area contributed by atoms with Crippen molar-refractivity contribution in [3.8, 4) is 11.3 Å². The largest absolute Gasteiger partial charge is 0.393 e. The molecule has 2 aliphatic rings. The Kier molecular flexibility index (Phi) is 8.66. The molecule has 2 fully saturated rings. The van der Waals surface area contributed by atoms with Gasteiger partial charge in [-0.3, -0.25) is 19.7 Å². The topological polar surface area (TPSA) is 108 Å². The number of carbonyl (C=O) groups is 1. The molecule has 12 heteroatoms. The summed E-state index contributed by atoms with van der Waals surface area (Å²) < 4.78 is 19.4. The molecule has 6 rings (SSSR count). The van der Waals surface area contributed by atoms with Gasteiger partial charge in [0.25, 0.3) is 5.91 Å². The third-order valence-electron chi connectivity index (χ3n) is 8.84. The maximum absolute atomic E-state index is 15.8. The van der Waals surface area contributed by atoms with Gasteiger partial charge in [-0.05, 0) is 71.0 Å². The molecular weight excluding hydrogens is 561 g/mol. The number of nitrogens with zero attached hydrogens (tertiary/aromatic N) is 8. The van der Waals surface area contributed by atoms with Crippen LogP contribution in [0, 0.1) is 12.7 Å². The number of aliphatic hydroxyl groups is 1. The first-order valence-corrected chi connectivity index (χ1v) is 15.5. The number of anilines is 2. The van der Waals surface area contributed by atoms with Crippen LogP contribution in [0.25, 0.3) is 22.3 Å². The van der Waals surface area contributed by atoms with Crippen molar-refractivity contribution in [1.29, 1.82) is 0 Å². The predicted octanol–water partition coefficient (Wildman–Crippen LogP) is 3.69. The van der Waals surface area contributed by atoms with Gasteiger partial charge in [0.1, 0.15) is 5.69 Å². The number of aliphatic hydroxyl groups excluding tert-OH is 1. The number of amides is 1. The van der Waals surface area contributed by atoms with Gasteiger partial charge in [0.15, 0.2) is 5.82 Å². The number of aromatic nitrogens is 5. The number of hydrogen-bond acceptors (Lipinski definition) is 8. The molecule has 4 aromatic rings. The van der Waals surface area contributed by atoms with E-state index in [9.17, 15) is 9.90 Å². The monoisotopic (exact) mass is 603 g/mol. The fraction of sp³-hybridized carbons (Fsp3) is 0.500. The highest BCUT2D eigenvalue weighted by atomic mass is 19.1. The fourth-order valence-corrected chi connectivity index (χ4v) is 6.35. The first-order chi connectivity index (χ1) is 21.2. The molecule has 1 amide bonds. The summed E-state index contributed by atoms with van der Waals surface area (Å²) in [4.78, 5) is 30.0. The number of fused-ring (bicyclic) bond motifs is 1. The Morgan fingerprint density at radius 2 is 1.84 bits per heavy atom. The molecule has 11 nitrogen and oxygen atoms in total. The number of imidazole rings is 1. The van der Waals surface area contributed by atoms with Gasteiger partial charge in [-0.25, -0.2) is 14.4 Å². The number of likely N-dealkylation sites (N-methyl/N-ethyl adjacent to an activating group) is 1. The molecule has 4 heterocycles. The molecule has 0 radical (unpaired) electrons. The third kappa shape index (κ3) is 6.33. The summed E-state index contributed by atoms with van der Waals surface area (Å²) in [6.07, 6.45) is 5.77. The molecule has 0 unspecified atom stereocenters. The molecule has 1 aliphatic heterocycles. The normalized spacial score (nSPS) is 19.7. The van der Waals surface area contributed by atoms with Crippen molar-refractivity contribution in [2.75, 3.05) is 63.6 Å². The van der Waals surface area contributed by atoms with Crippen molar-refractivity contribution in [2.45, 2.75) is 44.8 Å². The van der Waals surface area contributed by atoms with Crippen molar-refractivity contribution in [3.05, 3.63) is 53.7 Å². The van der Waals surface area contributed by atoms with Gasteiger partial charge in [-0.15, -0.1) is 0 Å². The van der Waals surface area contributed by atoms with E-state index in [1.54, 1.807) is 24.9 Å². The summed E-state index contributed by atoms with van der Waals surface area (Å²) in [5.41, 5.74) is 3.83. The summed E-state index contributed by atoms with van der Waals surface area (Å²) in [6, 6.07) is 7.77. The molecule has 1 saturated heterocycles. The Balaban J connectivity index is 1.31.